The van der Waals surface area contributed by atoms with Crippen LogP contribution in [0, 0.1) is 6.92 Å². The molecule has 0 aromatic carbocycles. The van der Waals surface area contributed by atoms with Crippen LogP contribution in [-0.2, 0) is 0 Å². The lowest BCUT2D eigenvalue weighted by molar-refractivity contribution is 1.25. The van der Waals surface area contributed by atoms with Crippen LogP contribution in [0.2, 0.25) is 0 Å². The summed E-state index contributed by atoms with van der Waals surface area (Å²) in [5, 5.41) is 0. The topological polar surface area (TPSA) is 0 Å². The van der Waals surface area contributed by atoms with Crippen molar-refractivity contribution >= 4 is 21.6 Å². The summed E-state index contributed by atoms with van der Waals surface area (Å²) in [5.74, 6) is 1.18. The second-order valence-corrected chi connectivity index (χ2v) is 3.53. The molecule has 0 nitrogen and oxygen atoms in total. The van der Waals surface area contributed by atoms with Gasteiger partial charge in [0.2, 0.25) is 0 Å². The van der Waals surface area contributed by atoms with E-state index in [2.05, 4.69) is 13.2 Å². The fraction of sp³-hybridized carbons (Fsp3) is 0.750. The Hall–Kier alpha value is 0.700. The SMILES string of the molecule is [CH2]CCSSC. The van der Waals surface area contributed by atoms with Crippen molar-refractivity contribution in [3.05, 3.63) is 6.92 Å². The minimum atomic E-state index is 1.05. The van der Waals surface area contributed by atoms with Crippen molar-refractivity contribution in [3.8, 4) is 0 Å². The van der Waals surface area contributed by atoms with E-state index in [1.54, 1.807) is 10.8 Å². The van der Waals surface area contributed by atoms with Gasteiger partial charge in [-0.15, -0.1) is 0 Å². The highest BCUT2D eigenvalue weighted by atomic mass is 33.1. The highest BCUT2D eigenvalue weighted by Crippen LogP contribution is 2.16. The third kappa shape index (κ3) is 4.70. The third-order valence-corrected chi connectivity index (χ3v) is 2.24. The maximum Gasteiger partial charge on any atom is 0.00368 e. The molecule has 37 valence electrons. The number of rotatable bonds is 3. The second-order valence-electron chi connectivity index (χ2n) is 0.842. The predicted octanol–water partition coefficient (Wildman–Crippen LogP) is 2.22. The van der Waals surface area contributed by atoms with Gasteiger partial charge < -0.3 is 0 Å². The van der Waals surface area contributed by atoms with E-state index in [9.17, 15) is 0 Å². The molecule has 0 bridgehead atoms. The summed E-state index contributed by atoms with van der Waals surface area (Å²) < 4.78 is 0. The van der Waals surface area contributed by atoms with Crippen LogP contribution >= 0.6 is 21.6 Å². The van der Waals surface area contributed by atoms with Gasteiger partial charge in [-0.3, -0.25) is 0 Å². The van der Waals surface area contributed by atoms with E-state index in [1.165, 1.54) is 5.75 Å². The maximum absolute atomic E-state index is 3.69. The van der Waals surface area contributed by atoms with Gasteiger partial charge in [-0.05, 0) is 12.7 Å². The van der Waals surface area contributed by atoms with E-state index >= 15 is 0 Å². The Balaban J connectivity index is 2.34. The molecule has 1 radical (unpaired) electrons. The lowest BCUT2D eigenvalue weighted by Crippen LogP contribution is -1.64. The van der Waals surface area contributed by atoms with E-state index in [0.29, 0.717) is 0 Å². The molecular formula is C4H9S2. The van der Waals surface area contributed by atoms with Gasteiger partial charge in [-0.2, -0.15) is 0 Å². The average molecular weight is 121 g/mol. The summed E-state index contributed by atoms with van der Waals surface area (Å²) in [6, 6.07) is 0. The van der Waals surface area contributed by atoms with E-state index in [4.69, 9.17) is 0 Å². The van der Waals surface area contributed by atoms with E-state index in [1.807, 2.05) is 10.8 Å². The van der Waals surface area contributed by atoms with Crippen LogP contribution in [0.4, 0.5) is 0 Å². The van der Waals surface area contributed by atoms with E-state index in [-0.39, 0.29) is 0 Å². The molecule has 0 saturated carbocycles. The lowest BCUT2D eigenvalue weighted by Gasteiger charge is -1.85. The Morgan fingerprint density at radius 1 is 1.67 bits per heavy atom. The standard InChI is InChI=1S/C4H9S2/c1-3-4-6-5-2/h1,3-4H2,2H3. The number of hydrogen-bond acceptors (Lipinski definition) is 2. The van der Waals surface area contributed by atoms with E-state index in [0.717, 1.165) is 6.42 Å². The minimum absolute atomic E-state index is 1.05. The first-order valence-electron chi connectivity index (χ1n) is 1.86. The van der Waals surface area contributed by atoms with Crippen LogP contribution in [0.5, 0.6) is 0 Å². The first-order valence-corrected chi connectivity index (χ1v) is 4.59. The third-order valence-electron chi connectivity index (χ3n) is 0.346. The normalized spacial score (nSPS) is 9.00. The molecule has 0 fully saturated rings. The van der Waals surface area contributed by atoms with Crippen molar-refractivity contribution in [3.63, 3.8) is 0 Å². The molecule has 0 spiro atoms. The zero-order valence-corrected chi connectivity index (χ0v) is 5.57. The Labute approximate surface area is 47.5 Å². The zero-order chi connectivity index (χ0) is 4.83. The Bertz CT molecular complexity index is 17.5. The monoisotopic (exact) mass is 121 g/mol. The summed E-state index contributed by atoms with van der Waals surface area (Å²) in [6.07, 6.45) is 3.13. The molecule has 0 atom stereocenters. The molecule has 2 heteroatoms. The maximum atomic E-state index is 3.69. The smallest absolute Gasteiger partial charge is 0.00368 e. The fourth-order valence-corrected chi connectivity index (χ4v) is 1.28. The second kappa shape index (κ2) is 5.70. The molecule has 0 aromatic rings. The largest absolute Gasteiger partial charge is 0.0976 e. The molecule has 0 N–H and O–H groups in total. The molecule has 0 amide bonds. The summed E-state index contributed by atoms with van der Waals surface area (Å²) in [4.78, 5) is 0. The quantitative estimate of drug-likeness (QED) is 0.415. The van der Waals surface area contributed by atoms with Gasteiger partial charge in [0.15, 0.2) is 0 Å². The summed E-state index contributed by atoms with van der Waals surface area (Å²) >= 11 is 0. The molecule has 0 unspecified atom stereocenters. The van der Waals surface area contributed by atoms with Gasteiger partial charge in [0.05, 0.1) is 0 Å². The predicted molar refractivity (Wildman–Crippen MR) is 35.9 cm³/mol. The summed E-state index contributed by atoms with van der Waals surface area (Å²) in [7, 11) is 3.67. The lowest BCUT2D eigenvalue weighted by atomic mass is 10.6. The summed E-state index contributed by atoms with van der Waals surface area (Å²) in [5.41, 5.74) is 0. The van der Waals surface area contributed by atoms with Crippen molar-refractivity contribution in [2.45, 2.75) is 6.42 Å². The Morgan fingerprint density at radius 3 is 2.50 bits per heavy atom. The van der Waals surface area contributed by atoms with Crippen molar-refractivity contribution < 1.29 is 0 Å². The molecule has 0 aliphatic rings. The van der Waals surface area contributed by atoms with Crippen LogP contribution < -0.4 is 0 Å². The van der Waals surface area contributed by atoms with Gasteiger partial charge in [-0.25, -0.2) is 0 Å². The van der Waals surface area contributed by atoms with Crippen LogP contribution in [0.1, 0.15) is 6.42 Å². The average Bonchev–Trinajstić information content (AvgIpc) is 1.61. The first kappa shape index (κ1) is 6.70. The molecular weight excluding hydrogens is 112 g/mol. The molecule has 6 heavy (non-hydrogen) atoms. The van der Waals surface area contributed by atoms with Crippen molar-refractivity contribution in [2.24, 2.45) is 0 Å². The van der Waals surface area contributed by atoms with Gasteiger partial charge >= 0.3 is 0 Å². The van der Waals surface area contributed by atoms with Crippen LogP contribution in [0.25, 0.3) is 0 Å². The van der Waals surface area contributed by atoms with Crippen LogP contribution in [0.15, 0.2) is 0 Å². The molecule has 0 rings (SSSR count). The minimum Gasteiger partial charge on any atom is -0.0976 e. The van der Waals surface area contributed by atoms with Gasteiger partial charge in [0.1, 0.15) is 0 Å². The zero-order valence-electron chi connectivity index (χ0n) is 3.94. The highest BCUT2D eigenvalue weighted by molar-refractivity contribution is 8.76. The molecule has 0 heterocycles. The molecule has 0 aliphatic carbocycles. The highest BCUT2D eigenvalue weighted by Gasteiger charge is 1.75. The van der Waals surface area contributed by atoms with Crippen molar-refractivity contribution in [1.82, 2.24) is 0 Å². The van der Waals surface area contributed by atoms with Crippen LogP contribution in [0.3, 0.4) is 0 Å². The molecule has 0 saturated heterocycles. The Morgan fingerprint density at radius 2 is 2.33 bits per heavy atom. The van der Waals surface area contributed by atoms with Gasteiger partial charge in [0.25, 0.3) is 0 Å². The van der Waals surface area contributed by atoms with Gasteiger partial charge in [0, 0.05) is 5.75 Å². The van der Waals surface area contributed by atoms with E-state index < -0.39 is 0 Å². The Kier molecular flexibility index (Phi) is 6.36. The molecule has 0 aliphatic heterocycles. The van der Waals surface area contributed by atoms with Crippen molar-refractivity contribution in [1.29, 1.82) is 0 Å². The van der Waals surface area contributed by atoms with Crippen LogP contribution in [-0.4, -0.2) is 12.0 Å². The fourth-order valence-electron chi connectivity index (χ4n) is 0.142. The number of hydrogen-bond donors (Lipinski definition) is 0. The molecule has 0 aromatic heterocycles. The first-order chi connectivity index (χ1) is 2.91. The van der Waals surface area contributed by atoms with Crippen molar-refractivity contribution in [2.75, 3.05) is 12.0 Å². The van der Waals surface area contributed by atoms with Gasteiger partial charge in [-0.1, -0.05) is 28.5 Å². The summed E-state index contributed by atoms with van der Waals surface area (Å²) in [6.45, 7) is 3.69.